The Morgan fingerprint density at radius 3 is 1.92 bits per heavy atom. The standard InChI is InChI=1S/C16H36N4O3Si/c1-5-9-13-20(14-10-12-18-19-17)15-11-16-24(21-6-2,22-7-3)23-8-4/h5-16H2,1-4H3. The fourth-order valence-corrected chi connectivity index (χ4v) is 5.24. The molecule has 0 atom stereocenters. The van der Waals surface area contributed by atoms with Crippen molar-refractivity contribution in [2.45, 2.75) is 59.4 Å². The lowest BCUT2D eigenvalue weighted by Gasteiger charge is -2.29. The molecular weight excluding hydrogens is 324 g/mol. The maximum Gasteiger partial charge on any atom is 0.500 e. The summed E-state index contributed by atoms with van der Waals surface area (Å²) in [4.78, 5) is 5.26. The zero-order valence-corrected chi connectivity index (χ0v) is 17.0. The van der Waals surface area contributed by atoms with E-state index in [9.17, 15) is 0 Å². The average molecular weight is 361 g/mol. The highest BCUT2D eigenvalue weighted by molar-refractivity contribution is 6.60. The number of nitrogens with zero attached hydrogens (tertiary/aromatic N) is 4. The summed E-state index contributed by atoms with van der Waals surface area (Å²) in [6.45, 7) is 13.6. The van der Waals surface area contributed by atoms with E-state index in [1.54, 1.807) is 0 Å². The van der Waals surface area contributed by atoms with Crippen LogP contribution in [0.4, 0.5) is 0 Å². The topological polar surface area (TPSA) is 79.7 Å². The molecule has 0 bridgehead atoms. The first-order valence-corrected chi connectivity index (χ1v) is 11.3. The third-order valence-electron chi connectivity index (χ3n) is 3.67. The van der Waals surface area contributed by atoms with E-state index in [4.69, 9.17) is 18.8 Å². The molecule has 0 aliphatic carbocycles. The van der Waals surface area contributed by atoms with Crippen molar-refractivity contribution in [1.82, 2.24) is 4.90 Å². The largest absolute Gasteiger partial charge is 0.500 e. The van der Waals surface area contributed by atoms with Crippen LogP contribution >= 0.6 is 0 Å². The Bertz CT molecular complexity index is 324. The van der Waals surface area contributed by atoms with Crippen molar-refractivity contribution in [1.29, 1.82) is 0 Å². The summed E-state index contributed by atoms with van der Waals surface area (Å²) in [6, 6.07) is 0.849. The Hall–Kier alpha value is -0.633. The molecule has 24 heavy (non-hydrogen) atoms. The molecule has 0 saturated carbocycles. The molecule has 0 aromatic heterocycles. The van der Waals surface area contributed by atoms with Crippen LogP contribution < -0.4 is 0 Å². The lowest BCUT2D eigenvalue weighted by atomic mass is 10.3. The van der Waals surface area contributed by atoms with Gasteiger partial charge in [0.15, 0.2) is 0 Å². The molecule has 0 aliphatic rings. The van der Waals surface area contributed by atoms with Crippen LogP contribution in [0.2, 0.25) is 6.04 Å². The molecule has 0 N–H and O–H groups in total. The molecule has 0 heterocycles. The van der Waals surface area contributed by atoms with Crippen LogP contribution in [0.5, 0.6) is 0 Å². The van der Waals surface area contributed by atoms with Crippen molar-refractivity contribution in [2.24, 2.45) is 5.11 Å². The molecule has 8 heteroatoms. The summed E-state index contributed by atoms with van der Waals surface area (Å²) in [5.74, 6) is 0. The minimum Gasteiger partial charge on any atom is -0.374 e. The van der Waals surface area contributed by atoms with E-state index in [0.29, 0.717) is 26.4 Å². The summed E-state index contributed by atoms with van der Waals surface area (Å²) in [6.07, 6.45) is 4.27. The molecule has 0 aromatic carbocycles. The molecule has 0 unspecified atom stereocenters. The third kappa shape index (κ3) is 11.0. The fraction of sp³-hybridized carbons (Fsp3) is 1.00. The van der Waals surface area contributed by atoms with Gasteiger partial charge in [0.1, 0.15) is 0 Å². The molecule has 7 nitrogen and oxygen atoms in total. The zero-order valence-electron chi connectivity index (χ0n) is 16.0. The smallest absolute Gasteiger partial charge is 0.374 e. The Morgan fingerprint density at radius 2 is 1.42 bits per heavy atom. The maximum absolute atomic E-state index is 8.36. The molecule has 0 spiro atoms. The number of azide groups is 1. The van der Waals surface area contributed by atoms with E-state index in [2.05, 4.69) is 21.8 Å². The van der Waals surface area contributed by atoms with E-state index in [-0.39, 0.29) is 0 Å². The van der Waals surface area contributed by atoms with Crippen LogP contribution in [0, 0.1) is 0 Å². The minimum absolute atomic E-state index is 0.564. The van der Waals surface area contributed by atoms with Crippen LogP contribution in [-0.4, -0.2) is 59.7 Å². The van der Waals surface area contributed by atoms with Gasteiger partial charge in [-0.1, -0.05) is 18.5 Å². The van der Waals surface area contributed by atoms with Gasteiger partial charge in [0.2, 0.25) is 0 Å². The van der Waals surface area contributed by atoms with Crippen molar-refractivity contribution >= 4 is 8.80 Å². The summed E-state index contributed by atoms with van der Waals surface area (Å²) in [5, 5.41) is 3.62. The van der Waals surface area contributed by atoms with E-state index in [0.717, 1.165) is 38.5 Å². The highest BCUT2D eigenvalue weighted by atomic mass is 28.4. The SMILES string of the molecule is CCCCN(CCCN=[N+]=[N-])CCC[Si](OCC)(OCC)OCC. The van der Waals surface area contributed by atoms with E-state index < -0.39 is 8.80 Å². The minimum atomic E-state index is -2.53. The van der Waals surface area contributed by atoms with Gasteiger partial charge in [-0.2, -0.15) is 0 Å². The first-order valence-electron chi connectivity index (χ1n) is 9.33. The third-order valence-corrected chi connectivity index (χ3v) is 6.83. The summed E-state index contributed by atoms with van der Waals surface area (Å²) in [7, 11) is -2.53. The van der Waals surface area contributed by atoms with Crippen molar-refractivity contribution in [3.8, 4) is 0 Å². The lowest BCUT2D eigenvalue weighted by molar-refractivity contribution is 0.0698. The van der Waals surface area contributed by atoms with Crippen molar-refractivity contribution in [2.75, 3.05) is 46.0 Å². The van der Waals surface area contributed by atoms with Crippen LogP contribution in [0.25, 0.3) is 10.4 Å². The van der Waals surface area contributed by atoms with Crippen molar-refractivity contribution in [3.05, 3.63) is 10.4 Å². The second-order valence-corrected chi connectivity index (χ2v) is 8.32. The number of hydrogen-bond acceptors (Lipinski definition) is 5. The van der Waals surface area contributed by atoms with Gasteiger partial charge in [0, 0.05) is 37.3 Å². The molecule has 0 saturated heterocycles. The Labute approximate surface area is 148 Å². The predicted octanol–water partition coefficient (Wildman–Crippen LogP) is 4.23. The molecule has 0 fully saturated rings. The Morgan fingerprint density at radius 1 is 0.875 bits per heavy atom. The second kappa shape index (κ2) is 15.9. The molecular formula is C16H36N4O3Si. The van der Waals surface area contributed by atoms with E-state index in [1.807, 2.05) is 20.8 Å². The van der Waals surface area contributed by atoms with Gasteiger partial charge in [-0.05, 0) is 65.2 Å². The number of rotatable bonds is 17. The first kappa shape index (κ1) is 23.4. The van der Waals surface area contributed by atoms with Gasteiger partial charge >= 0.3 is 8.80 Å². The molecule has 0 radical (unpaired) electrons. The number of unbranched alkanes of at least 4 members (excludes halogenated alkanes) is 1. The Kier molecular flexibility index (Phi) is 15.5. The second-order valence-electron chi connectivity index (χ2n) is 5.59. The summed E-state index contributed by atoms with van der Waals surface area (Å²) in [5.41, 5.74) is 8.36. The molecule has 0 amide bonds. The highest BCUT2D eigenvalue weighted by Crippen LogP contribution is 2.18. The van der Waals surface area contributed by atoms with Crippen molar-refractivity contribution < 1.29 is 13.3 Å². The van der Waals surface area contributed by atoms with Crippen LogP contribution in [0.1, 0.15) is 53.4 Å². The maximum atomic E-state index is 8.36. The summed E-state index contributed by atoms with van der Waals surface area (Å²) >= 11 is 0. The van der Waals surface area contributed by atoms with Gasteiger partial charge in [-0.15, -0.1) is 0 Å². The average Bonchev–Trinajstić information content (AvgIpc) is 2.56. The van der Waals surface area contributed by atoms with E-state index >= 15 is 0 Å². The molecule has 0 aromatic rings. The monoisotopic (exact) mass is 360 g/mol. The van der Waals surface area contributed by atoms with Gasteiger partial charge < -0.3 is 18.2 Å². The van der Waals surface area contributed by atoms with Crippen molar-refractivity contribution in [3.63, 3.8) is 0 Å². The molecule has 0 aliphatic heterocycles. The van der Waals surface area contributed by atoms with Gasteiger partial charge in [0.05, 0.1) is 0 Å². The molecule has 142 valence electrons. The van der Waals surface area contributed by atoms with Crippen LogP contribution in [0.15, 0.2) is 5.11 Å². The zero-order chi connectivity index (χ0) is 18.1. The predicted molar refractivity (Wildman–Crippen MR) is 100 cm³/mol. The van der Waals surface area contributed by atoms with Gasteiger partial charge in [-0.3, -0.25) is 0 Å². The number of hydrogen-bond donors (Lipinski definition) is 0. The van der Waals surface area contributed by atoms with Gasteiger partial charge in [-0.25, -0.2) is 0 Å². The van der Waals surface area contributed by atoms with E-state index in [1.165, 1.54) is 12.8 Å². The van der Waals surface area contributed by atoms with Gasteiger partial charge in [0.25, 0.3) is 0 Å². The quantitative estimate of drug-likeness (QED) is 0.128. The highest BCUT2D eigenvalue weighted by Gasteiger charge is 2.39. The lowest BCUT2D eigenvalue weighted by Crippen LogP contribution is -2.46. The molecule has 0 rings (SSSR count). The normalized spacial score (nSPS) is 11.7. The Balaban J connectivity index is 4.46. The van der Waals surface area contributed by atoms with Crippen LogP contribution in [-0.2, 0) is 13.3 Å². The fourth-order valence-electron chi connectivity index (χ4n) is 2.65. The van der Waals surface area contributed by atoms with Crippen LogP contribution in [0.3, 0.4) is 0 Å². The summed E-state index contributed by atoms with van der Waals surface area (Å²) < 4.78 is 17.7. The first-order chi connectivity index (χ1) is 11.7.